The minimum absolute atomic E-state index is 0.0802. The molecule has 2 heterocycles. The van der Waals surface area contributed by atoms with Crippen molar-refractivity contribution in [2.24, 2.45) is 5.92 Å². The number of pyridine rings is 1. The van der Waals surface area contributed by atoms with Crippen LogP contribution >= 0.6 is 15.9 Å². The number of piperidine rings is 1. The second-order valence-electron chi connectivity index (χ2n) is 5.05. The maximum Gasteiger partial charge on any atom is 0.257 e. The van der Waals surface area contributed by atoms with Crippen LogP contribution in [0.1, 0.15) is 37.0 Å². The lowest BCUT2D eigenvalue weighted by Gasteiger charge is -2.30. The molecular weight excluding hydrogens is 306 g/mol. The van der Waals surface area contributed by atoms with Crippen molar-refractivity contribution in [3.63, 3.8) is 0 Å². The van der Waals surface area contributed by atoms with Gasteiger partial charge in [0.05, 0.1) is 5.56 Å². The predicted octanol–water partition coefficient (Wildman–Crippen LogP) is 3.15. The molecule has 0 unspecified atom stereocenters. The van der Waals surface area contributed by atoms with Gasteiger partial charge in [0.2, 0.25) is 0 Å². The van der Waals surface area contributed by atoms with Gasteiger partial charge in [0.15, 0.2) is 0 Å². The lowest BCUT2D eigenvalue weighted by Crippen LogP contribution is -2.38. The molecule has 1 amide bonds. The molecule has 104 valence electrons. The number of rotatable bonds is 3. The van der Waals surface area contributed by atoms with Crippen molar-refractivity contribution in [1.29, 1.82) is 0 Å². The molecule has 0 atom stereocenters. The molecule has 1 saturated heterocycles. The first-order valence-corrected chi connectivity index (χ1v) is 7.59. The van der Waals surface area contributed by atoms with E-state index in [1.807, 2.05) is 17.9 Å². The molecule has 1 fully saturated rings. The number of carbonyl (C=O) groups is 1. The van der Waals surface area contributed by atoms with Gasteiger partial charge in [0.25, 0.3) is 5.91 Å². The van der Waals surface area contributed by atoms with Crippen LogP contribution in [0.2, 0.25) is 0 Å². The third-order valence-corrected chi connectivity index (χ3v) is 3.93. The monoisotopic (exact) mass is 325 g/mol. The van der Waals surface area contributed by atoms with Crippen LogP contribution in [0.3, 0.4) is 0 Å². The summed E-state index contributed by atoms with van der Waals surface area (Å²) < 4.78 is 0.836. The van der Waals surface area contributed by atoms with Crippen molar-refractivity contribution >= 4 is 27.7 Å². The molecule has 5 heteroatoms. The standard InChI is InChI=1S/C14H20BrN3O/c1-3-16-13-12(8-11(15)9-17-13)14(19)18-6-4-10(2)5-7-18/h8-10H,3-7H2,1-2H3,(H,16,17). The van der Waals surface area contributed by atoms with Crippen molar-refractivity contribution in [3.05, 3.63) is 22.3 Å². The normalized spacial score (nSPS) is 16.5. The molecule has 0 bridgehead atoms. The van der Waals surface area contributed by atoms with Crippen molar-refractivity contribution in [3.8, 4) is 0 Å². The fourth-order valence-electron chi connectivity index (χ4n) is 2.29. The average Bonchev–Trinajstić information content (AvgIpc) is 2.41. The molecule has 1 aromatic rings. The number of halogens is 1. The van der Waals surface area contributed by atoms with Crippen LogP contribution in [0, 0.1) is 5.92 Å². The van der Waals surface area contributed by atoms with E-state index in [0.29, 0.717) is 11.4 Å². The maximum atomic E-state index is 12.6. The van der Waals surface area contributed by atoms with Gasteiger partial charge in [-0.1, -0.05) is 6.92 Å². The van der Waals surface area contributed by atoms with E-state index in [9.17, 15) is 4.79 Å². The van der Waals surface area contributed by atoms with E-state index in [-0.39, 0.29) is 5.91 Å². The van der Waals surface area contributed by atoms with Gasteiger partial charge in [0, 0.05) is 30.3 Å². The second-order valence-corrected chi connectivity index (χ2v) is 5.97. The summed E-state index contributed by atoms with van der Waals surface area (Å²) in [5.41, 5.74) is 0.658. The zero-order chi connectivity index (χ0) is 13.8. The third kappa shape index (κ3) is 3.47. The molecule has 19 heavy (non-hydrogen) atoms. The molecule has 1 aromatic heterocycles. The molecule has 1 N–H and O–H groups in total. The molecular formula is C14H20BrN3O. The molecule has 4 nitrogen and oxygen atoms in total. The number of nitrogens with zero attached hydrogens (tertiary/aromatic N) is 2. The van der Waals surface area contributed by atoms with Crippen molar-refractivity contribution in [2.75, 3.05) is 25.0 Å². The molecule has 0 radical (unpaired) electrons. The summed E-state index contributed by atoms with van der Waals surface area (Å²) in [6.07, 6.45) is 3.89. The first kappa shape index (κ1) is 14.3. The smallest absolute Gasteiger partial charge is 0.257 e. The van der Waals surface area contributed by atoms with Crippen LogP contribution in [0.5, 0.6) is 0 Å². The summed E-state index contributed by atoms with van der Waals surface area (Å²) in [5, 5.41) is 3.15. The summed E-state index contributed by atoms with van der Waals surface area (Å²) in [7, 11) is 0. The number of amides is 1. The Kier molecular flexibility index (Phi) is 4.80. The minimum Gasteiger partial charge on any atom is -0.370 e. The molecule has 0 spiro atoms. The lowest BCUT2D eigenvalue weighted by molar-refractivity contribution is 0.0698. The van der Waals surface area contributed by atoms with E-state index in [2.05, 4.69) is 33.2 Å². The van der Waals surface area contributed by atoms with Gasteiger partial charge in [0.1, 0.15) is 5.82 Å². The quantitative estimate of drug-likeness (QED) is 0.928. The van der Waals surface area contributed by atoms with Crippen molar-refractivity contribution in [1.82, 2.24) is 9.88 Å². The van der Waals surface area contributed by atoms with Gasteiger partial charge in [-0.15, -0.1) is 0 Å². The van der Waals surface area contributed by atoms with E-state index in [0.717, 1.165) is 42.9 Å². The van der Waals surface area contributed by atoms with Gasteiger partial charge in [-0.3, -0.25) is 4.79 Å². The fourth-order valence-corrected chi connectivity index (χ4v) is 2.62. The predicted molar refractivity (Wildman–Crippen MR) is 80.4 cm³/mol. The summed E-state index contributed by atoms with van der Waals surface area (Å²) >= 11 is 3.39. The van der Waals surface area contributed by atoms with Gasteiger partial charge in [-0.05, 0) is 47.7 Å². The number of likely N-dealkylation sites (tertiary alicyclic amines) is 1. The van der Waals surface area contributed by atoms with E-state index >= 15 is 0 Å². The van der Waals surface area contributed by atoms with E-state index in [4.69, 9.17) is 0 Å². The number of hydrogen-bond acceptors (Lipinski definition) is 3. The second kappa shape index (κ2) is 6.37. The highest BCUT2D eigenvalue weighted by atomic mass is 79.9. The minimum atomic E-state index is 0.0802. The largest absolute Gasteiger partial charge is 0.370 e. The zero-order valence-electron chi connectivity index (χ0n) is 11.4. The highest BCUT2D eigenvalue weighted by Gasteiger charge is 2.23. The Labute approximate surface area is 122 Å². The molecule has 0 saturated carbocycles. The summed E-state index contributed by atoms with van der Waals surface area (Å²) in [6, 6.07) is 1.85. The van der Waals surface area contributed by atoms with Gasteiger partial charge >= 0.3 is 0 Å². The molecule has 1 aliphatic heterocycles. The zero-order valence-corrected chi connectivity index (χ0v) is 13.0. The number of hydrogen-bond donors (Lipinski definition) is 1. The van der Waals surface area contributed by atoms with Crippen molar-refractivity contribution in [2.45, 2.75) is 26.7 Å². The average molecular weight is 326 g/mol. The topological polar surface area (TPSA) is 45.2 Å². The summed E-state index contributed by atoms with van der Waals surface area (Å²) in [4.78, 5) is 18.8. The lowest BCUT2D eigenvalue weighted by atomic mass is 9.98. The van der Waals surface area contributed by atoms with Gasteiger partial charge < -0.3 is 10.2 Å². The van der Waals surface area contributed by atoms with Crippen LogP contribution in [0.4, 0.5) is 5.82 Å². The Bertz CT molecular complexity index is 456. The third-order valence-electron chi connectivity index (χ3n) is 3.50. The van der Waals surface area contributed by atoms with Crippen LogP contribution in [-0.4, -0.2) is 35.4 Å². The van der Waals surface area contributed by atoms with Gasteiger partial charge in [-0.2, -0.15) is 0 Å². The van der Waals surface area contributed by atoms with Crippen molar-refractivity contribution < 1.29 is 4.79 Å². The molecule has 2 rings (SSSR count). The molecule has 0 aromatic carbocycles. The number of carbonyl (C=O) groups excluding carboxylic acids is 1. The summed E-state index contributed by atoms with van der Waals surface area (Å²) in [5.74, 6) is 1.48. The SMILES string of the molecule is CCNc1ncc(Br)cc1C(=O)N1CCC(C)CC1. The number of nitrogens with one attached hydrogen (secondary N) is 1. The van der Waals surface area contributed by atoms with Crippen LogP contribution < -0.4 is 5.32 Å². The van der Waals surface area contributed by atoms with Crippen LogP contribution in [0.25, 0.3) is 0 Å². The Morgan fingerprint density at radius 1 is 1.53 bits per heavy atom. The maximum absolute atomic E-state index is 12.6. The Morgan fingerprint density at radius 3 is 2.84 bits per heavy atom. The Morgan fingerprint density at radius 2 is 2.21 bits per heavy atom. The van der Waals surface area contributed by atoms with E-state index < -0.39 is 0 Å². The van der Waals surface area contributed by atoms with Crippen LogP contribution in [-0.2, 0) is 0 Å². The number of aromatic nitrogens is 1. The van der Waals surface area contributed by atoms with Gasteiger partial charge in [-0.25, -0.2) is 4.98 Å². The molecule has 1 aliphatic rings. The highest BCUT2D eigenvalue weighted by molar-refractivity contribution is 9.10. The first-order chi connectivity index (χ1) is 9.11. The van der Waals surface area contributed by atoms with E-state index in [1.54, 1.807) is 6.20 Å². The van der Waals surface area contributed by atoms with Crippen LogP contribution in [0.15, 0.2) is 16.7 Å². The number of anilines is 1. The first-order valence-electron chi connectivity index (χ1n) is 6.80. The summed E-state index contributed by atoms with van der Waals surface area (Å²) in [6.45, 7) is 6.69. The van der Waals surface area contributed by atoms with E-state index in [1.165, 1.54) is 0 Å². The highest BCUT2D eigenvalue weighted by Crippen LogP contribution is 2.23. The molecule has 0 aliphatic carbocycles. The Balaban J connectivity index is 2.20. The Hall–Kier alpha value is -1.10. The fraction of sp³-hybridized carbons (Fsp3) is 0.571.